The average molecular weight is 480 g/mol. The Morgan fingerprint density at radius 1 is 1.30 bits per heavy atom. The number of nitrogens with one attached hydrogen (secondary N) is 1. The van der Waals surface area contributed by atoms with E-state index < -0.39 is 10.3 Å². The lowest BCUT2D eigenvalue weighted by atomic mass is 9.53. The maximum Gasteiger partial charge on any atom is 0.364 e. The van der Waals surface area contributed by atoms with Crippen LogP contribution in [0.3, 0.4) is 0 Å². The molecule has 0 aromatic heterocycles. The van der Waals surface area contributed by atoms with Crippen LogP contribution in [-0.2, 0) is 26.3 Å². The van der Waals surface area contributed by atoms with Crippen molar-refractivity contribution < 1.29 is 32.1 Å². The number of fused-ring (bicyclic) bond motifs is 5. The maximum absolute atomic E-state index is 11.3. The summed E-state index contributed by atoms with van der Waals surface area (Å²) in [4.78, 5) is 18.0. The van der Waals surface area contributed by atoms with Crippen LogP contribution in [0.5, 0.6) is 11.5 Å². The van der Waals surface area contributed by atoms with Gasteiger partial charge in [-0.2, -0.15) is 8.42 Å². The summed E-state index contributed by atoms with van der Waals surface area (Å²) in [5.41, 5.74) is 3.91. The number of benzene rings is 1. The molecule has 4 rings (SSSR count). The van der Waals surface area contributed by atoms with Gasteiger partial charge in [-0.05, 0) is 83.4 Å². The molecule has 0 spiro atoms. The highest BCUT2D eigenvalue weighted by Crippen LogP contribution is 2.62. The molecule has 1 saturated carbocycles. The van der Waals surface area contributed by atoms with E-state index in [1.165, 1.54) is 25.2 Å². The fourth-order valence-corrected chi connectivity index (χ4v) is 6.81. The predicted octanol–water partition coefficient (Wildman–Crippen LogP) is 3.97. The first-order valence-electron chi connectivity index (χ1n) is 11.5. The van der Waals surface area contributed by atoms with Crippen molar-refractivity contribution in [2.24, 2.45) is 23.2 Å². The molecule has 0 saturated heterocycles. The third-order valence-electron chi connectivity index (χ3n) is 7.97. The largest absolute Gasteiger partial charge is 0.493 e. The number of allylic oxidation sites excluding steroid dienone is 1. The van der Waals surface area contributed by atoms with E-state index in [0.717, 1.165) is 37.7 Å². The number of esters is 1. The highest BCUT2D eigenvalue weighted by Gasteiger charge is 2.52. The van der Waals surface area contributed by atoms with Crippen molar-refractivity contribution in [3.63, 3.8) is 0 Å². The molecule has 9 heteroatoms. The van der Waals surface area contributed by atoms with Gasteiger partial charge in [-0.3, -0.25) is 9.35 Å². The first kappa shape index (κ1) is 24.0. The fourth-order valence-electron chi connectivity index (χ4n) is 6.61. The summed E-state index contributed by atoms with van der Waals surface area (Å²) in [6.07, 6.45) is 7.47. The second kappa shape index (κ2) is 8.92. The van der Waals surface area contributed by atoms with E-state index in [-0.39, 0.29) is 23.1 Å². The van der Waals surface area contributed by atoms with E-state index in [0.29, 0.717) is 30.1 Å². The normalized spacial score (nSPS) is 29.2. The molecule has 182 valence electrons. The molecule has 33 heavy (non-hydrogen) atoms. The van der Waals surface area contributed by atoms with Gasteiger partial charge in [-0.25, -0.2) is 0 Å². The number of aryl methyl sites for hydroxylation is 1. The zero-order valence-electron chi connectivity index (χ0n) is 19.6. The molecule has 3 aliphatic rings. The monoisotopic (exact) mass is 479 g/mol. The van der Waals surface area contributed by atoms with Crippen molar-refractivity contribution in [1.29, 1.82) is 0 Å². The van der Waals surface area contributed by atoms with Crippen molar-refractivity contribution in [2.75, 3.05) is 13.7 Å². The van der Waals surface area contributed by atoms with Crippen molar-refractivity contribution >= 4 is 16.3 Å². The SMILES string of the molecule is COc1cc2c(cc1ONS(=O)(=O)O)CC[C@@H]1[C@@H]2CC[C@]2(C)C([C@H](C)COC(C)=O)=CC[C@@H]12. The summed E-state index contributed by atoms with van der Waals surface area (Å²) < 4.78 is 41.7. The fraction of sp³-hybridized carbons (Fsp3) is 0.625. The molecule has 2 N–H and O–H groups in total. The van der Waals surface area contributed by atoms with Crippen molar-refractivity contribution in [3.8, 4) is 11.5 Å². The van der Waals surface area contributed by atoms with Crippen LogP contribution in [0.4, 0.5) is 0 Å². The van der Waals surface area contributed by atoms with E-state index in [4.69, 9.17) is 18.9 Å². The Labute approximate surface area is 195 Å². The summed E-state index contributed by atoms with van der Waals surface area (Å²) in [6, 6.07) is 3.78. The van der Waals surface area contributed by atoms with Gasteiger partial charge in [0.1, 0.15) is 0 Å². The van der Waals surface area contributed by atoms with Gasteiger partial charge in [-0.1, -0.05) is 25.5 Å². The van der Waals surface area contributed by atoms with Crippen LogP contribution in [0.2, 0.25) is 0 Å². The van der Waals surface area contributed by atoms with Gasteiger partial charge < -0.3 is 14.3 Å². The van der Waals surface area contributed by atoms with Crippen LogP contribution in [0.1, 0.15) is 63.5 Å². The number of carbonyl (C=O) groups is 1. The van der Waals surface area contributed by atoms with Gasteiger partial charge in [0.15, 0.2) is 11.5 Å². The Kier molecular flexibility index (Phi) is 6.50. The third-order valence-corrected chi connectivity index (χ3v) is 8.27. The molecule has 1 aromatic rings. The van der Waals surface area contributed by atoms with Gasteiger partial charge in [0.05, 0.1) is 13.7 Å². The van der Waals surface area contributed by atoms with Gasteiger partial charge in [0.2, 0.25) is 0 Å². The van der Waals surface area contributed by atoms with E-state index >= 15 is 0 Å². The van der Waals surface area contributed by atoms with Crippen LogP contribution in [0, 0.1) is 23.2 Å². The second-order valence-corrected chi connectivity index (χ2v) is 10.9. The summed E-state index contributed by atoms with van der Waals surface area (Å²) in [6.45, 7) is 6.41. The molecule has 0 radical (unpaired) electrons. The average Bonchev–Trinajstić information content (AvgIpc) is 3.11. The lowest BCUT2D eigenvalue weighted by Crippen LogP contribution is -2.42. The van der Waals surface area contributed by atoms with Crippen molar-refractivity contribution in [2.45, 2.75) is 58.8 Å². The number of hydrogen-bond acceptors (Lipinski definition) is 6. The minimum atomic E-state index is -4.49. The molecule has 0 amide bonds. The van der Waals surface area contributed by atoms with Crippen LogP contribution in [0.15, 0.2) is 23.8 Å². The topological polar surface area (TPSA) is 111 Å². The molecule has 0 unspecified atom stereocenters. The molecule has 5 atom stereocenters. The van der Waals surface area contributed by atoms with Crippen LogP contribution >= 0.6 is 0 Å². The number of carbonyl (C=O) groups excluding carboxylic acids is 1. The molecule has 1 aromatic carbocycles. The van der Waals surface area contributed by atoms with E-state index in [1.807, 2.05) is 12.1 Å². The van der Waals surface area contributed by atoms with Crippen molar-refractivity contribution in [3.05, 3.63) is 34.9 Å². The van der Waals surface area contributed by atoms with Gasteiger partial charge in [0.25, 0.3) is 0 Å². The summed E-state index contributed by atoms with van der Waals surface area (Å²) >= 11 is 0. The number of hydrogen-bond donors (Lipinski definition) is 2. The van der Waals surface area contributed by atoms with E-state index in [9.17, 15) is 13.2 Å². The zero-order chi connectivity index (χ0) is 24.0. The standard InChI is InChI=1S/C24H33NO7S/c1-14(13-31-15(2)26)20-7-8-21-18-6-5-16-11-23(32-25-33(27,28)29)22(30-4)12-19(16)17(18)9-10-24(20,21)3/h7,11-12,14,17-18,21,25H,5-6,8-10,13H2,1-4H3,(H,27,28,29)/t14-,17+,18-,21+,24-/m1/s1. The lowest BCUT2D eigenvalue weighted by molar-refractivity contribution is -0.142. The summed E-state index contributed by atoms with van der Waals surface area (Å²) in [5, 5.41) is 0. The molecule has 0 aliphatic heterocycles. The zero-order valence-corrected chi connectivity index (χ0v) is 20.4. The van der Waals surface area contributed by atoms with Crippen LogP contribution in [-0.4, -0.2) is 32.7 Å². The Morgan fingerprint density at radius 2 is 2.06 bits per heavy atom. The van der Waals surface area contributed by atoms with E-state index in [1.54, 1.807) is 4.89 Å². The number of methoxy groups -OCH3 is 1. The summed E-state index contributed by atoms with van der Waals surface area (Å²) in [5.74, 6) is 2.13. The van der Waals surface area contributed by atoms with Crippen molar-refractivity contribution in [1.82, 2.24) is 4.89 Å². The molecule has 3 aliphatic carbocycles. The first-order chi connectivity index (χ1) is 15.5. The second-order valence-electron chi connectivity index (χ2n) is 9.83. The van der Waals surface area contributed by atoms with Gasteiger partial charge in [0, 0.05) is 12.8 Å². The lowest BCUT2D eigenvalue weighted by Gasteiger charge is -2.51. The first-order valence-corrected chi connectivity index (χ1v) is 12.9. The summed E-state index contributed by atoms with van der Waals surface area (Å²) in [7, 11) is -2.98. The Balaban J connectivity index is 1.56. The molecule has 8 nitrogen and oxygen atoms in total. The smallest absolute Gasteiger partial charge is 0.364 e. The molecular formula is C24H33NO7S. The third kappa shape index (κ3) is 4.63. The highest BCUT2D eigenvalue weighted by molar-refractivity contribution is 7.83. The van der Waals surface area contributed by atoms with Gasteiger partial charge >= 0.3 is 16.3 Å². The predicted molar refractivity (Wildman–Crippen MR) is 122 cm³/mol. The molecule has 0 heterocycles. The molecule has 0 bridgehead atoms. The number of rotatable bonds is 7. The minimum Gasteiger partial charge on any atom is -0.493 e. The highest BCUT2D eigenvalue weighted by atomic mass is 32.2. The Hall–Kier alpha value is -2.10. The van der Waals surface area contributed by atoms with Crippen LogP contribution < -0.4 is 14.5 Å². The minimum absolute atomic E-state index is 0.116. The Bertz CT molecular complexity index is 1070. The number of ether oxygens (including phenoxy) is 2. The van der Waals surface area contributed by atoms with Crippen LogP contribution in [0.25, 0.3) is 0 Å². The van der Waals surface area contributed by atoms with E-state index in [2.05, 4.69) is 19.9 Å². The quantitative estimate of drug-likeness (QED) is 0.263. The molecular weight excluding hydrogens is 446 g/mol. The Morgan fingerprint density at radius 3 is 2.73 bits per heavy atom. The van der Waals surface area contributed by atoms with Gasteiger partial charge in [-0.15, -0.1) is 0 Å². The molecule has 1 fully saturated rings. The maximum atomic E-state index is 11.3.